The molecule has 1 aliphatic rings. The van der Waals surface area contributed by atoms with E-state index in [1.165, 1.54) is 54.7 Å². The molecule has 1 aromatic heterocycles. The fourth-order valence-corrected chi connectivity index (χ4v) is 5.28. The number of nitrogens with zero attached hydrogens (tertiary/aromatic N) is 2. The van der Waals surface area contributed by atoms with Gasteiger partial charge in [0, 0.05) is 5.02 Å². The van der Waals surface area contributed by atoms with Gasteiger partial charge in [-0.2, -0.15) is 0 Å². The molecule has 0 fully saturated rings. The minimum atomic E-state index is -4.08. The van der Waals surface area contributed by atoms with Gasteiger partial charge in [0.25, 0.3) is 10.0 Å². The van der Waals surface area contributed by atoms with Crippen molar-refractivity contribution in [2.24, 2.45) is 0 Å². The van der Waals surface area contributed by atoms with Gasteiger partial charge in [0.05, 0.1) is 35.8 Å². The highest BCUT2D eigenvalue weighted by Gasteiger charge is 2.35. The summed E-state index contributed by atoms with van der Waals surface area (Å²) in [7, 11) is -4.08. The van der Waals surface area contributed by atoms with Crippen LogP contribution >= 0.6 is 11.6 Å². The molecule has 2 atom stereocenters. The normalized spacial score (nSPS) is 16.4. The number of benzene rings is 2. The van der Waals surface area contributed by atoms with Crippen LogP contribution < -0.4 is 14.4 Å². The maximum Gasteiger partial charge on any atom is 0.264 e. The van der Waals surface area contributed by atoms with E-state index in [9.17, 15) is 22.7 Å². The molecular weight excluding hydrogens is 485 g/mol. The van der Waals surface area contributed by atoms with Crippen LogP contribution in [0, 0.1) is 5.82 Å². The third-order valence-electron chi connectivity index (χ3n) is 5.37. The van der Waals surface area contributed by atoms with Crippen molar-refractivity contribution in [3.05, 3.63) is 77.2 Å². The highest BCUT2D eigenvalue weighted by Crippen LogP contribution is 2.37. The highest BCUT2D eigenvalue weighted by atomic mass is 35.5. The molecule has 2 N–H and O–H groups in total. The molecule has 1 aliphatic heterocycles. The van der Waals surface area contributed by atoms with E-state index >= 15 is 0 Å². The van der Waals surface area contributed by atoms with Crippen molar-refractivity contribution in [3.63, 3.8) is 0 Å². The Bertz CT molecular complexity index is 1320. The van der Waals surface area contributed by atoms with Gasteiger partial charge in [0.15, 0.2) is 0 Å². The molecule has 0 radical (unpaired) electrons. The molecular formula is C23H21ClFN3O5S. The van der Waals surface area contributed by atoms with Gasteiger partial charge in [0.1, 0.15) is 17.6 Å². The van der Waals surface area contributed by atoms with Gasteiger partial charge in [-0.1, -0.05) is 29.8 Å². The standard InChI is InChI=1S/C23H21ClFN3O5S/c1-14(15-5-7-17(25)8-6-15)22(30)27-18-10-21-23(26-11-18)33-19(13-29)12-28(21)34(31,32)20-4-2-3-16(24)9-20/h2-11,14,19,29H,12-13H2,1H3,(H,27,30)/t14-,19+/m0/s1. The van der Waals surface area contributed by atoms with Crippen LogP contribution in [0.5, 0.6) is 5.88 Å². The zero-order valence-electron chi connectivity index (χ0n) is 18.0. The number of halogens is 2. The molecule has 0 saturated heterocycles. The van der Waals surface area contributed by atoms with Crippen LogP contribution in [0.3, 0.4) is 0 Å². The van der Waals surface area contributed by atoms with E-state index in [4.69, 9.17) is 16.3 Å². The maximum absolute atomic E-state index is 13.4. The Balaban J connectivity index is 1.66. The number of aromatic nitrogens is 1. The lowest BCUT2D eigenvalue weighted by atomic mass is 10.0. The minimum absolute atomic E-state index is 0.000449. The van der Waals surface area contributed by atoms with Gasteiger partial charge in [-0.05, 0) is 48.9 Å². The van der Waals surface area contributed by atoms with Gasteiger partial charge < -0.3 is 15.2 Å². The Morgan fingerprint density at radius 1 is 1.29 bits per heavy atom. The summed E-state index contributed by atoms with van der Waals surface area (Å²) in [6.07, 6.45) is 0.505. The number of hydrogen-bond acceptors (Lipinski definition) is 6. The van der Waals surface area contributed by atoms with E-state index < -0.39 is 34.5 Å². The average Bonchev–Trinajstić information content (AvgIpc) is 2.83. The number of carbonyl (C=O) groups is 1. The average molecular weight is 506 g/mol. The number of fused-ring (bicyclic) bond motifs is 1. The second-order valence-corrected chi connectivity index (χ2v) is 10.0. The Morgan fingerprint density at radius 3 is 2.71 bits per heavy atom. The molecule has 3 aromatic rings. The smallest absolute Gasteiger partial charge is 0.264 e. The van der Waals surface area contributed by atoms with Gasteiger partial charge in [-0.3, -0.25) is 9.10 Å². The van der Waals surface area contributed by atoms with Crippen LogP contribution in [0.2, 0.25) is 5.02 Å². The maximum atomic E-state index is 13.4. The van der Waals surface area contributed by atoms with Crippen LogP contribution in [0.25, 0.3) is 0 Å². The monoisotopic (exact) mass is 505 g/mol. The van der Waals surface area contributed by atoms with Crippen molar-refractivity contribution in [2.45, 2.75) is 23.8 Å². The molecule has 4 rings (SSSR count). The summed E-state index contributed by atoms with van der Waals surface area (Å²) in [5.74, 6) is -1.39. The van der Waals surface area contributed by atoms with Crippen molar-refractivity contribution < 1.29 is 27.4 Å². The van der Waals surface area contributed by atoms with Crippen molar-refractivity contribution >= 4 is 38.9 Å². The number of sulfonamides is 1. The first-order chi connectivity index (χ1) is 16.2. The molecule has 2 aromatic carbocycles. The van der Waals surface area contributed by atoms with E-state index in [0.717, 1.165) is 4.31 Å². The van der Waals surface area contributed by atoms with Gasteiger partial charge in [-0.15, -0.1) is 0 Å². The molecule has 178 valence electrons. The molecule has 34 heavy (non-hydrogen) atoms. The highest BCUT2D eigenvalue weighted by molar-refractivity contribution is 7.92. The van der Waals surface area contributed by atoms with Crippen molar-refractivity contribution in [1.29, 1.82) is 0 Å². The molecule has 0 spiro atoms. The third-order valence-corrected chi connectivity index (χ3v) is 7.38. The molecule has 0 bridgehead atoms. The first-order valence-corrected chi connectivity index (χ1v) is 12.1. The molecule has 1 amide bonds. The number of nitrogens with one attached hydrogen (secondary N) is 1. The molecule has 2 heterocycles. The van der Waals surface area contributed by atoms with Crippen LogP contribution in [-0.2, 0) is 14.8 Å². The first-order valence-electron chi connectivity index (χ1n) is 10.3. The van der Waals surface area contributed by atoms with Crippen molar-refractivity contribution in [1.82, 2.24) is 4.98 Å². The van der Waals surface area contributed by atoms with E-state index in [1.807, 2.05) is 0 Å². The summed E-state index contributed by atoms with van der Waals surface area (Å²) in [6, 6.07) is 12.8. The molecule has 11 heteroatoms. The number of amides is 1. The largest absolute Gasteiger partial charge is 0.468 e. The van der Waals surface area contributed by atoms with Gasteiger partial charge in [-0.25, -0.2) is 17.8 Å². The molecule has 0 unspecified atom stereocenters. The number of carbonyl (C=O) groups excluding carboxylic acids is 1. The lowest BCUT2D eigenvalue weighted by Gasteiger charge is -2.34. The van der Waals surface area contributed by atoms with Crippen LogP contribution in [0.15, 0.2) is 65.7 Å². The third kappa shape index (κ3) is 4.84. The SMILES string of the molecule is C[C@H](C(=O)Nc1cnc2c(c1)N(S(=O)(=O)c1cccc(Cl)c1)C[C@H](CO)O2)c1ccc(F)cc1. The summed E-state index contributed by atoms with van der Waals surface area (Å²) < 4.78 is 46.7. The summed E-state index contributed by atoms with van der Waals surface area (Å²) in [5.41, 5.74) is 0.969. The lowest BCUT2D eigenvalue weighted by molar-refractivity contribution is -0.117. The Kier molecular flexibility index (Phi) is 6.74. The lowest BCUT2D eigenvalue weighted by Crippen LogP contribution is -2.45. The van der Waals surface area contributed by atoms with Gasteiger partial charge in [0.2, 0.25) is 11.8 Å². The number of pyridine rings is 1. The first kappa shape index (κ1) is 23.9. The van der Waals surface area contributed by atoms with Crippen molar-refractivity contribution in [2.75, 3.05) is 22.8 Å². The Labute approximate surface area is 201 Å². The number of aliphatic hydroxyl groups excluding tert-OH is 1. The predicted molar refractivity (Wildman–Crippen MR) is 125 cm³/mol. The number of aliphatic hydroxyl groups is 1. The minimum Gasteiger partial charge on any atom is -0.468 e. The van der Waals surface area contributed by atoms with Crippen LogP contribution in [0.4, 0.5) is 15.8 Å². The van der Waals surface area contributed by atoms with E-state index in [0.29, 0.717) is 5.56 Å². The van der Waals surface area contributed by atoms with Gasteiger partial charge >= 0.3 is 0 Å². The van der Waals surface area contributed by atoms with E-state index in [2.05, 4.69) is 10.3 Å². The second-order valence-electron chi connectivity index (χ2n) is 7.73. The molecule has 8 nitrogen and oxygen atoms in total. The second kappa shape index (κ2) is 9.57. The quantitative estimate of drug-likeness (QED) is 0.530. The predicted octanol–water partition coefficient (Wildman–Crippen LogP) is 3.56. The van der Waals surface area contributed by atoms with Crippen molar-refractivity contribution in [3.8, 4) is 5.88 Å². The molecule has 0 saturated carbocycles. The number of anilines is 2. The van der Waals surface area contributed by atoms with Crippen LogP contribution in [-0.4, -0.2) is 43.7 Å². The molecule has 0 aliphatic carbocycles. The fraction of sp³-hybridized carbons (Fsp3) is 0.217. The summed E-state index contributed by atoms with van der Waals surface area (Å²) in [6.45, 7) is 1.08. The number of ether oxygens (including phenoxy) is 1. The van der Waals surface area contributed by atoms with Crippen LogP contribution in [0.1, 0.15) is 18.4 Å². The zero-order chi connectivity index (χ0) is 24.5. The fourth-order valence-electron chi connectivity index (χ4n) is 3.49. The van der Waals surface area contributed by atoms with E-state index in [1.54, 1.807) is 13.0 Å². The summed E-state index contributed by atoms with van der Waals surface area (Å²) in [5, 5.41) is 12.6. The summed E-state index contributed by atoms with van der Waals surface area (Å²) in [4.78, 5) is 16.9. The number of rotatable bonds is 6. The Hall–Kier alpha value is -3.21. The topological polar surface area (TPSA) is 109 Å². The number of hydrogen-bond donors (Lipinski definition) is 2. The summed E-state index contributed by atoms with van der Waals surface area (Å²) >= 11 is 5.99. The van der Waals surface area contributed by atoms with E-state index in [-0.39, 0.29) is 39.6 Å². The zero-order valence-corrected chi connectivity index (χ0v) is 19.6. The Morgan fingerprint density at radius 2 is 2.03 bits per heavy atom.